The Bertz CT molecular complexity index is 1420. The second-order valence-corrected chi connectivity index (χ2v) is 13.4. The Morgan fingerprint density at radius 2 is 1.85 bits per heavy atom. The predicted molar refractivity (Wildman–Crippen MR) is 181 cm³/mol. The van der Waals surface area contributed by atoms with Crippen LogP contribution in [0, 0.1) is 16.7 Å². The molecule has 12 heteroatoms. The first-order valence-electron chi connectivity index (χ1n) is 16.6. The number of benzene rings is 1. The largest absolute Gasteiger partial charge is 0.464 e. The molecule has 0 spiro atoms. The summed E-state index contributed by atoms with van der Waals surface area (Å²) < 4.78 is 16.1. The van der Waals surface area contributed by atoms with Gasteiger partial charge in [-0.2, -0.15) is 5.26 Å². The Labute approximate surface area is 278 Å². The molecule has 0 atom stereocenters. The van der Waals surface area contributed by atoms with Crippen LogP contribution in [0.5, 0.6) is 0 Å². The van der Waals surface area contributed by atoms with Crippen LogP contribution in [0.4, 0.5) is 5.69 Å². The number of imidazole rings is 1. The van der Waals surface area contributed by atoms with Crippen molar-refractivity contribution in [1.29, 1.82) is 5.26 Å². The Balaban J connectivity index is 1.33. The van der Waals surface area contributed by atoms with Gasteiger partial charge in [0.2, 0.25) is 0 Å². The van der Waals surface area contributed by atoms with Crippen LogP contribution in [0.25, 0.3) is 5.57 Å². The normalized spacial score (nSPS) is 17.1. The zero-order valence-electron chi connectivity index (χ0n) is 28.4. The van der Waals surface area contributed by atoms with Crippen LogP contribution in [-0.2, 0) is 24.5 Å². The van der Waals surface area contributed by atoms with Gasteiger partial charge in [-0.25, -0.2) is 4.98 Å². The number of anilines is 1. The van der Waals surface area contributed by atoms with E-state index in [1.165, 1.54) is 17.3 Å². The summed E-state index contributed by atoms with van der Waals surface area (Å²) in [5, 5.41) is 12.2. The van der Waals surface area contributed by atoms with Crippen LogP contribution in [0.1, 0.15) is 80.8 Å². The number of aromatic amines is 1. The van der Waals surface area contributed by atoms with E-state index in [1.54, 1.807) is 0 Å². The highest BCUT2D eigenvalue weighted by Gasteiger charge is 2.33. The second kappa shape index (κ2) is 17.0. The number of ether oxygens (including phenoxy) is 3. The van der Waals surface area contributed by atoms with Crippen LogP contribution < -0.4 is 11.1 Å². The molecule has 2 aromatic rings. The van der Waals surface area contributed by atoms with E-state index in [0.29, 0.717) is 46.1 Å². The number of hydrogen-bond donors (Lipinski definition) is 3. The van der Waals surface area contributed by atoms with Crippen molar-refractivity contribution in [3.05, 3.63) is 53.1 Å². The van der Waals surface area contributed by atoms with Gasteiger partial charge in [-0.15, -0.1) is 0 Å². The summed E-state index contributed by atoms with van der Waals surface area (Å²) in [7, 11) is 0. The number of nitriles is 1. The lowest BCUT2D eigenvalue weighted by Crippen LogP contribution is -2.53. The molecule has 1 aliphatic carbocycles. The van der Waals surface area contributed by atoms with E-state index in [1.807, 2.05) is 12.1 Å². The van der Waals surface area contributed by atoms with Gasteiger partial charge in [0.05, 0.1) is 39.0 Å². The van der Waals surface area contributed by atoms with Crippen LogP contribution in [0.3, 0.4) is 0 Å². The van der Waals surface area contributed by atoms with E-state index in [4.69, 9.17) is 25.2 Å². The Kier molecular flexibility index (Phi) is 13.1. The van der Waals surface area contributed by atoms with Crippen LogP contribution in [-0.4, -0.2) is 104 Å². The lowest BCUT2D eigenvalue weighted by Gasteiger charge is -2.44. The third-order valence-corrected chi connectivity index (χ3v) is 9.12. The third kappa shape index (κ3) is 10.4. The second-order valence-electron chi connectivity index (χ2n) is 13.4. The first kappa shape index (κ1) is 36.2. The van der Waals surface area contributed by atoms with Gasteiger partial charge in [0.25, 0.3) is 5.91 Å². The number of H-pyrrole nitrogens is 1. The average Bonchev–Trinajstić information content (AvgIpc) is 3.55. The molecule has 1 aromatic carbocycles. The number of carbonyl (C=O) groups excluding carboxylic acids is 2. The van der Waals surface area contributed by atoms with Gasteiger partial charge in [-0.3, -0.25) is 19.4 Å². The molecule has 1 saturated heterocycles. The summed E-state index contributed by atoms with van der Waals surface area (Å²) in [5.41, 5.74) is 9.79. The molecule has 1 fully saturated rings. The number of piperazine rings is 1. The average molecular weight is 650 g/mol. The first-order chi connectivity index (χ1) is 22.5. The van der Waals surface area contributed by atoms with E-state index in [0.717, 1.165) is 56.7 Å². The van der Waals surface area contributed by atoms with Crippen LogP contribution in [0.2, 0.25) is 0 Å². The van der Waals surface area contributed by atoms with Crippen LogP contribution in [0.15, 0.2) is 30.5 Å². The molecule has 12 nitrogen and oxygen atoms in total. The number of rotatable bonds is 16. The number of carbonyl (C=O) groups is 2. The standard InChI is InChI=1S/C35H51N7O5/c1-34(2)10-7-26(8-11-34)29-23-27(5-6-30(29)40-33(44)32-38-25-28(24-37)39-32)35(3,4)42-15-13-41(14-16-42)17-20-47-31(43)9-18-45-21-22-46-19-12-36/h5-7,23,25H,8-22,36H2,1-4H3,(H,38,39)(H,40,44). The lowest BCUT2D eigenvalue weighted by atomic mass is 9.76. The highest BCUT2D eigenvalue weighted by atomic mass is 16.5. The molecule has 0 saturated carbocycles. The van der Waals surface area contributed by atoms with Crippen molar-refractivity contribution in [2.75, 3.05) is 77.6 Å². The molecular formula is C35H51N7O5. The molecule has 4 rings (SSSR count). The van der Waals surface area contributed by atoms with Gasteiger partial charge >= 0.3 is 5.97 Å². The minimum Gasteiger partial charge on any atom is -0.464 e. The van der Waals surface area contributed by atoms with Crippen LogP contribution >= 0.6 is 0 Å². The van der Waals surface area contributed by atoms with Gasteiger partial charge < -0.3 is 30.2 Å². The summed E-state index contributed by atoms with van der Waals surface area (Å²) in [4.78, 5) is 36.8. The zero-order chi connectivity index (χ0) is 33.9. The third-order valence-electron chi connectivity index (χ3n) is 9.12. The molecule has 47 heavy (non-hydrogen) atoms. The van der Waals surface area contributed by atoms with E-state index in [-0.39, 0.29) is 40.8 Å². The summed E-state index contributed by atoms with van der Waals surface area (Å²) in [5.74, 6) is -0.524. The quantitative estimate of drug-likeness (QED) is 0.180. The highest BCUT2D eigenvalue weighted by Crippen LogP contribution is 2.41. The smallest absolute Gasteiger partial charge is 0.308 e. The Hall–Kier alpha value is -3.60. The number of nitrogens with zero attached hydrogens (tertiary/aromatic N) is 4. The van der Waals surface area contributed by atoms with Gasteiger partial charge in [-0.1, -0.05) is 26.0 Å². The van der Waals surface area contributed by atoms with Crippen molar-refractivity contribution in [2.24, 2.45) is 11.1 Å². The van der Waals surface area contributed by atoms with Gasteiger partial charge in [0.1, 0.15) is 18.4 Å². The molecule has 0 unspecified atom stereocenters. The van der Waals surface area contributed by atoms with E-state index in [2.05, 4.69) is 71.0 Å². The lowest BCUT2D eigenvalue weighted by molar-refractivity contribution is -0.145. The number of allylic oxidation sites excluding steroid dienone is 2. The summed E-state index contributed by atoms with van der Waals surface area (Å²) in [6, 6.07) is 8.29. The maximum Gasteiger partial charge on any atom is 0.308 e. The number of amides is 1. The minimum absolute atomic E-state index is 0.109. The van der Waals surface area contributed by atoms with Gasteiger partial charge in [0, 0.05) is 56.1 Å². The summed E-state index contributed by atoms with van der Waals surface area (Å²) >= 11 is 0. The molecule has 1 aliphatic heterocycles. The topological polar surface area (TPSA) is 159 Å². The van der Waals surface area contributed by atoms with E-state index < -0.39 is 0 Å². The van der Waals surface area contributed by atoms with Crippen molar-refractivity contribution in [3.63, 3.8) is 0 Å². The zero-order valence-corrected chi connectivity index (χ0v) is 28.4. The molecule has 4 N–H and O–H groups in total. The van der Waals surface area contributed by atoms with Gasteiger partial charge in [-0.05, 0) is 61.8 Å². The maximum absolute atomic E-state index is 13.1. The number of hydrogen-bond acceptors (Lipinski definition) is 10. The number of esters is 1. The van der Waals surface area contributed by atoms with Gasteiger partial charge in [0.15, 0.2) is 5.82 Å². The molecule has 0 radical (unpaired) electrons. The fraction of sp³-hybridized carbons (Fsp3) is 0.600. The molecule has 1 amide bonds. The van der Waals surface area contributed by atoms with E-state index in [9.17, 15) is 9.59 Å². The minimum atomic E-state index is -0.379. The number of nitrogens with two attached hydrogens (primary N) is 1. The number of nitrogens with one attached hydrogen (secondary N) is 2. The first-order valence-corrected chi connectivity index (χ1v) is 16.6. The predicted octanol–water partition coefficient (Wildman–Crippen LogP) is 3.91. The van der Waals surface area contributed by atoms with Crippen molar-refractivity contribution in [1.82, 2.24) is 19.8 Å². The summed E-state index contributed by atoms with van der Waals surface area (Å²) in [6.07, 6.45) is 6.87. The molecule has 1 aromatic heterocycles. The molecule has 0 bridgehead atoms. The SMILES string of the molecule is CC1(C)CC=C(c2cc(C(C)(C)N3CCN(CCOC(=O)CCOCCOCCN)CC3)ccc2NC(=O)c2ncc(C#N)[nH]2)CC1. The van der Waals surface area contributed by atoms with Crippen molar-refractivity contribution < 1.29 is 23.8 Å². The maximum atomic E-state index is 13.1. The fourth-order valence-corrected chi connectivity index (χ4v) is 5.93. The monoisotopic (exact) mass is 649 g/mol. The molecular weight excluding hydrogens is 598 g/mol. The Morgan fingerprint density at radius 3 is 2.51 bits per heavy atom. The molecule has 256 valence electrons. The molecule has 2 heterocycles. The van der Waals surface area contributed by atoms with Crippen molar-refractivity contribution >= 4 is 23.1 Å². The number of aromatic nitrogens is 2. The summed E-state index contributed by atoms with van der Waals surface area (Å²) in [6.45, 7) is 15.8. The van der Waals surface area contributed by atoms with E-state index >= 15 is 0 Å². The highest BCUT2D eigenvalue weighted by molar-refractivity contribution is 6.03. The Morgan fingerprint density at radius 1 is 1.11 bits per heavy atom. The molecule has 2 aliphatic rings. The fourth-order valence-electron chi connectivity index (χ4n) is 5.93. The van der Waals surface area contributed by atoms with Crippen molar-refractivity contribution in [3.8, 4) is 6.07 Å². The van der Waals surface area contributed by atoms with Crippen molar-refractivity contribution in [2.45, 2.75) is 58.9 Å².